The van der Waals surface area contributed by atoms with E-state index in [-0.39, 0.29) is 0 Å². The first-order valence-electron chi connectivity index (χ1n) is 16.5. The van der Waals surface area contributed by atoms with Crippen LogP contribution in [0, 0.1) is 0 Å². The molecule has 0 saturated carbocycles. The minimum Gasteiger partial charge on any atom is -0.0654 e. The summed E-state index contributed by atoms with van der Waals surface area (Å²) in [4.78, 5) is 0. The van der Waals surface area contributed by atoms with Crippen LogP contribution in [0.3, 0.4) is 0 Å². The van der Waals surface area contributed by atoms with E-state index in [1.54, 1.807) is 5.56 Å². The average Bonchev–Trinajstić information content (AvgIpc) is 2.94. The molecule has 0 bridgehead atoms. The van der Waals surface area contributed by atoms with Gasteiger partial charge in [0.15, 0.2) is 0 Å². The van der Waals surface area contributed by atoms with Gasteiger partial charge in [0.25, 0.3) is 0 Å². The van der Waals surface area contributed by atoms with Crippen LogP contribution in [0.5, 0.6) is 0 Å². The van der Waals surface area contributed by atoms with Gasteiger partial charge in [-0.25, -0.2) is 0 Å². The minimum absolute atomic E-state index is 0.742. The Bertz CT molecular complexity index is 728. The lowest BCUT2D eigenvalue weighted by atomic mass is 9.87. The summed E-state index contributed by atoms with van der Waals surface area (Å²) in [5.41, 5.74) is 4.22. The predicted octanol–water partition coefficient (Wildman–Crippen LogP) is 13.1. The monoisotopic (exact) mass is 504 g/mol. The van der Waals surface area contributed by atoms with Gasteiger partial charge in [-0.1, -0.05) is 197 Å². The van der Waals surface area contributed by atoms with Gasteiger partial charge in [0.1, 0.15) is 0 Å². The summed E-state index contributed by atoms with van der Waals surface area (Å²) in [5.74, 6) is 0.742. The van der Waals surface area contributed by atoms with Gasteiger partial charge in [-0.3, -0.25) is 0 Å². The molecule has 2 aromatic carbocycles. The SMILES string of the molecule is CCCCCCCCCCCCCCCCCCCCC(CCCC)c1ccc(-c2ccccc2)cc1. The maximum Gasteiger partial charge on any atom is -0.0162 e. The summed E-state index contributed by atoms with van der Waals surface area (Å²) in [5, 5.41) is 0. The third-order valence-electron chi connectivity index (χ3n) is 8.30. The average molecular weight is 505 g/mol. The molecule has 0 radical (unpaired) electrons. The van der Waals surface area contributed by atoms with Crippen LogP contribution in [0.2, 0.25) is 0 Å². The summed E-state index contributed by atoms with van der Waals surface area (Å²) in [6.45, 7) is 4.63. The van der Waals surface area contributed by atoms with E-state index in [0.29, 0.717) is 0 Å². The number of hydrogen-bond acceptors (Lipinski definition) is 0. The third-order valence-corrected chi connectivity index (χ3v) is 8.30. The molecule has 0 nitrogen and oxygen atoms in total. The molecule has 1 unspecified atom stereocenters. The molecule has 2 aromatic rings. The predicted molar refractivity (Wildman–Crippen MR) is 168 cm³/mol. The number of benzene rings is 2. The highest BCUT2D eigenvalue weighted by molar-refractivity contribution is 5.63. The highest BCUT2D eigenvalue weighted by atomic mass is 14.2. The van der Waals surface area contributed by atoms with Crippen molar-refractivity contribution in [1.29, 1.82) is 0 Å². The van der Waals surface area contributed by atoms with E-state index in [2.05, 4.69) is 68.4 Å². The molecule has 37 heavy (non-hydrogen) atoms. The molecule has 1 atom stereocenters. The topological polar surface area (TPSA) is 0 Å². The Hall–Kier alpha value is -1.56. The summed E-state index contributed by atoms with van der Waals surface area (Å²) >= 11 is 0. The van der Waals surface area contributed by atoms with Gasteiger partial charge in [0.05, 0.1) is 0 Å². The molecule has 0 heterocycles. The van der Waals surface area contributed by atoms with E-state index >= 15 is 0 Å². The first-order chi connectivity index (χ1) is 18.3. The Morgan fingerprint density at radius 2 is 0.757 bits per heavy atom. The van der Waals surface area contributed by atoms with Gasteiger partial charge >= 0.3 is 0 Å². The van der Waals surface area contributed by atoms with E-state index in [4.69, 9.17) is 0 Å². The zero-order chi connectivity index (χ0) is 26.2. The van der Waals surface area contributed by atoms with Crippen molar-refractivity contribution in [2.75, 3.05) is 0 Å². The second-order valence-corrected chi connectivity index (χ2v) is 11.6. The molecular formula is C37H60. The van der Waals surface area contributed by atoms with Crippen molar-refractivity contribution in [2.24, 2.45) is 0 Å². The lowest BCUT2D eigenvalue weighted by Gasteiger charge is -2.18. The Morgan fingerprint density at radius 1 is 0.378 bits per heavy atom. The zero-order valence-electron chi connectivity index (χ0n) is 24.8. The first-order valence-corrected chi connectivity index (χ1v) is 16.5. The molecule has 0 spiro atoms. The maximum absolute atomic E-state index is 2.40. The Balaban J connectivity index is 1.47. The molecule has 0 aromatic heterocycles. The fraction of sp³-hybridized carbons (Fsp3) is 0.676. The Kier molecular flexibility index (Phi) is 19.2. The van der Waals surface area contributed by atoms with Crippen molar-refractivity contribution in [3.63, 3.8) is 0 Å². The van der Waals surface area contributed by atoms with Crippen LogP contribution < -0.4 is 0 Å². The summed E-state index contributed by atoms with van der Waals surface area (Å²) in [6, 6.07) is 20.2. The van der Waals surface area contributed by atoms with Crippen molar-refractivity contribution >= 4 is 0 Å². The Labute approximate surface area is 232 Å². The summed E-state index contributed by atoms with van der Waals surface area (Å²) in [7, 11) is 0. The van der Waals surface area contributed by atoms with Gasteiger partial charge in [-0.15, -0.1) is 0 Å². The fourth-order valence-corrected chi connectivity index (χ4v) is 5.80. The second kappa shape index (κ2) is 22.4. The molecule has 0 N–H and O–H groups in total. The molecule has 208 valence electrons. The van der Waals surface area contributed by atoms with Crippen LogP contribution in [0.1, 0.15) is 167 Å². The van der Waals surface area contributed by atoms with E-state index in [1.807, 2.05) is 0 Å². The van der Waals surface area contributed by atoms with Gasteiger partial charge < -0.3 is 0 Å². The van der Waals surface area contributed by atoms with Gasteiger partial charge in [0.2, 0.25) is 0 Å². The van der Waals surface area contributed by atoms with Crippen molar-refractivity contribution in [1.82, 2.24) is 0 Å². The normalized spacial score (nSPS) is 12.2. The van der Waals surface area contributed by atoms with Crippen molar-refractivity contribution in [3.8, 4) is 11.1 Å². The van der Waals surface area contributed by atoms with Crippen molar-refractivity contribution in [2.45, 2.75) is 161 Å². The van der Waals surface area contributed by atoms with E-state index < -0.39 is 0 Å². The Morgan fingerprint density at radius 3 is 1.22 bits per heavy atom. The van der Waals surface area contributed by atoms with Crippen LogP contribution in [0.15, 0.2) is 54.6 Å². The maximum atomic E-state index is 2.40. The molecular weight excluding hydrogens is 444 g/mol. The largest absolute Gasteiger partial charge is 0.0654 e. The van der Waals surface area contributed by atoms with E-state index in [1.165, 1.54) is 152 Å². The molecule has 2 rings (SSSR count). The van der Waals surface area contributed by atoms with Crippen LogP contribution >= 0.6 is 0 Å². The van der Waals surface area contributed by atoms with Crippen LogP contribution in [-0.2, 0) is 0 Å². The zero-order valence-corrected chi connectivity index (χ0v) is 24.8. The lowest BCUT2D eigenvalue weighted by Crippen LogP contribution is -1.99. The molecule has 0 aliphatic carbocycles. The van der Waals surface area contributed by atoms with Gasteiger partial charge in [-0.05, 0) is 35.4 Å². The van der Waals surface area contributed by atoms with Crippen LogP contribution in [0.25, 0.3) is 11.1 Å². The van der Waals surface area contributed by atoms with Crippen molar-refractivity contribution in [3.05, 3.63) is 60.2 Å². The first kappa shape index (κ1) is 31.7. The second-order valence-electron chi connectivity index (χ2n) is 11.6. The third kappa shape index (κ3) is 15.4. The standard InChI is InChI=1S/C37H60/c1-3-5-7-8-9-10-11-12-13-14-15-16-17-18-19-20-21-23-27-34(26-6-4-2)36-30-32-37(33-31-36)35-28-24-22-25-29-35/h22,24-25,28-34H,3-21,23,26-27H2,1-2H3. The molecule has 0 saturated heterocycles. The van der Waals surface area contributed by atoms with Crippen LogP contribution in [0.4, 0.5) is 0 Å². The summed E-state index contributed by atoms with van der Waals surface area (Å²) in [6.07, 6.45) is 31.5. The smallest absolute Gasteiger partial charge is 0.0162 e. The molecule has 0 aliphatic rings. The highest BCUT2D eigenvalue weighted by Crippen LogP contribution is 2.30. The lowest BCUT2D eigenvalue weighted by molar-refractivity contribution is 0.494. The quantitative estimate of drug-likeness (QED) is 0.125. The number of hydrogen-bond donors (Lipinski definition) is 0. The molecule has 0 heteroatoms. The van der Waals surface area contributed by atoms with E-state index in [0.717, 1.165) is 5.92 Å². The fourth-order valence-electron chi connectivity index (χ4n) is 5.80. The van der Waals surface area contributed by atoms with Gasteiger partial charge in [-0.2, -0.15) is 0 Å². The van der Waals surface area contributed by atoms with Crippen molar-refractivity contribution < 1.29 is 0 Å². The van der Waals surface area contributed by atoms with E-state index in [9.17, 15) is 0 Å². The number of unbranched alkanes of at least 4 members (excludes halogenated alkanes) is 18. The highest BCUT2D eigenvalue weighted by Gasteiger charge is 2.11. The molecule has 0 amide bonds. The molecule has 0 fully saturated rings. The number of rotatable bonds is 24. The molecule has 0 aliphatic heterocycles. The minimum atomic E-state index is 0.742. The van der Waals surface area contributed by atoms with Gasteiger partial charge in [0, 0.05) is 0 Å². The summed E-state index contributed by atoms with van der Waals surface area (Å²) < 4.78 is 0. The van der Waals surface area contributed by atoms with Crippen LogP contribution in [-0.4, -0.2) is 0 Å².